The highest BCUT2D eigenvalue weighted by molar-refractivity contribution is 5.94. The van der Waals surface area contributed by atoms with E-state index in [1.165, 1.54) is 10.6 Å². The lowest BCUT2D eigenvalue weighted by molar-refractivity contribution is 0.00430. The first kappa shape index (κ1) is 17.2. The largest absolute Gasteiger partial charge is 0.491 e. The van der Waals surface area contributed by atoms with Gasteiger partial charge in [0.2, 0.25) is 0 Å². The van der Waals surface area contributed by atoms with Gasteiger partial charge in [-0.25, -0.2) is 0 Å². The van der Waals surface area contributed by atoms with Crippen molar-refractivity contribution >= 4 is 5.91 Å². The molecule has 0 saturated carbocycles. The molecule has 1 aliphatic rings. The van der Waals surface area contributed by atoms with Crippen LogP contribution in [0.1, 0.15) is 22.3 Å². The number of aromatic nitrogens is 1. The average molecular weight is 342 g/mol. The van der Waals surface area contributed by atoms with Gasteiger partial charge in [-0.3, -0.25) is 9.59 Å². The monoisotopic (exact) mass is 342 g/mol. The molecule has 3 rings (SSSR count). The Hall–Kier alpha value is -2.60. The lowest BCUT2D eigenvalue weighted by Crippen LogP contribution is -2.40. The van der Waals surface area contributed by atoms with E-state index in [9.17, 15) is 14.7 Å². The molecule has 1 N–H and O–H groups in total. The third-order valence-electron chi connectivity index (χ3n) is 4.50. The smallest absolute Gasteiger partial charge is 0.254 e. The summed E-state index contributed by atoms with van der Waals surface area (Å²) in [5.41, 5.74) is 0.160. The van der Waals surface area contributed by atoms with E-state index < -0.39 is 5.60 Å². The second-order valence-corrected chi connectivity index (χ2v) is 6.67. The van der Waals surface area contributed by atoms with Crippen LogP contribution in [0.3, 0.4) is 0 Å². The van der Waals surface area contributed by atoms with Gasteiger partial charge < -0.3 is 19.3 Å². The van der Waals surface area contributed by atoms with E-state index in [0.717, 1.165) is 5.56 Å². The molecule has 1 aromatic heterocycles. The van der Waals surface area contributed by atoms with Gasteiger partial charge in [0.1, 0.15) is 18.0 Å². The van der Waals surface area contributed by atoms with Crippen LogP contribution in [-0.4, -0.2) is 45.8 Å². The molecule has 2 aromatic rings. The topological polar surface area (TPSA) is 71.8 Å². The summed E-state index contributed by atoms with van der Waals surface area (Å²) < 4.78 is 7.08. The average Bonchev–Trinajstić information content (AvgIpc) is 2.99. The number of carbonyl (C=O) groups is 1. The third kappa shape index (κ3) is 3.91. The summed E-state index contributed by atoms with van der Waals surface area (Å²) in [6, 6.07) is 10.5. The fourth-order valence-corrected chi connectivity index (χ4v) is 2.86. The van der Waals surface area contributed by atoms with Crippen molar-refractivity contribution in [2.45, 2.75) is 18.9 Å². The Bertz CT molecular complexity index is 828. The Morgan fingerprint density at radius 3 is 2.68 bits per heavy atom. The SMILES string of the molecule is Cc1ccc(OC[C@]2(O)CCN(C(=O)c3ccn(C)c(=O)c3)C2)cc1. The van der Waals surface area contributed by atoms with E-state index in [0.29, 0.717) is 24.3 Å². The fraction of sp³-hybridized carbons (Fsp3) is 0.368. The van der Waals surface area contributed by atoms with Crippen LogP contribution in [0, 0.1) is 6.92 Å². The number of hydrogen-bond donors (Lipinski definition) is 1. The Kier molecular flexibility index (Phi) is 4.63. The van der Waals surface area contributed by atoms with Crippen molar-refractivity contribution < 1.29 is 14.6 Å². The normalized spacial score (nSPS) is 19.9. The van der Waals surface area contributed by atoms with Crippen LogP contribution in [0.5, 0.6) is 5.75 Å². The van der Waals surface area contributed by atoms with Gasteiger partial charge in [-0.15, -0.1) is 0 Å². The lowest BCUT2D eigenvalue weighted by atomic mass is 10.1. The Morgan fingerprint density at radius 2 is 2.00 bits per heavy atom. The van der Waals surface area contributed by atoms with Crippen LogP contribution >= 0.6 is 0 Å². The van der Waals surface area contributed by atoms with Crippen LogP contribution in [0.25, 0.3) is 0 Å². The molecule has 0 spiro atoms. The molecule has 1 atom stereocenters. The molecule has 132 valence electrons. The molecule has 1 saturated heterocycles. The van der Waals surface area contributed by atoms with Gasteiger partial charge in [0.05, 0.1) is 6.54 Å². The number of aliphatic hydroxyl groups is 1. The summed E-state index contributed by atoms with van der Waals surface area (Å²) in [6.45, 7) is 2.74. The number of amides is 1. The van der Waals surface area contributed by atoms with Crippen LogP contribution in [0.2, 0.25) is 0 Å². The number of aryl methyl sites for hydroxylation is 2. The van der Waals surface area contributed by atoms with Gasteiger partial charge in [-0.1, -0.05) is 17.7 Å². The molecule has 0 radical (unpaired) electrons. The number of likely N-dealkylation sites (tertiary alicyclic amines) is 1. The predicted octanol–water partition coefficient (Wildman–Crippen LogP) is 1.35. The van der Waals surface area contributed by atoms with Gasteiger partial charge in [0, 0.05) is 31.4 Å². The minimum Gasteiger partial charge on any atom is -0.491 e. The first-order chi connectivity index (χ1) is 11.9. The number of rotatable bonds is 4. The second-order valence-electron chi connectivity index (χ2n) is 6.67. The molecular formula is C19H22N2O4. The van der Waals surface area contributed by atoms with E-state index >= 15 is 0 Å². The molecule has 2 heterocycles. The first-order valence-electron chi connectivity index (χ1n) is 8.24. The molecule has 1 aromatic carbocycles. The van der Waals surface area contributed by atoms with Gasteiger partial charge in [0.15, 0.2) is 0 Å². The van der Waals surface area contributed by atoms with Crippen molar-refractivity contribution in [1.29, 1.82) is 0 Å². The Labute approximate surface area is 146 Å². The molecular weight excluding hydrogens is 320 g/mol. The Morgan fingerprint density at radius 1 is 1.28 bits per heavy atom. The zero-order valence-corrected chi connectivity index (χ0v) is 14.4. The van der Waals surface area contributed by atoms with Crippen molar-refractivity contribution in [3.05, 3.63) is 64.1 Å². The highest BCUT2D eigenvalue weighted by Crippen LogP contribution is 2.24. The molecule has 0 aliphatic carbocycles. The highest BCUT2D eigenvalue weighted by atomic mass is 16.5. The molecule has 6 heteroatoms. The lowest BCUT2D eigenvalue weighted by Gasteiger charge is -2.23. The van der Waals surface area contributed by atoms with Crippen molar-refractivity contribution in [1.82, 2.24) is 9.47 Å². The van der Waals surface area contributed by atoms with Gasteiger partial charge in [0.25, 0.3) is 11.5 Å². The summed E-state index contributed by atoms with van der Waals surface area (Å²) in [7, 11) is 1.63. The molecule has 1 aliphatic heterocycles. The molecule has 1 amide bonds. The number of ether oxygens (including phenoxy) is 1. The Balaban J connectivity index is 1.63. The minimum absolute atomic E-state index is 0.121. The summed E-state index contributed by atoms with van der Waals surface area (Å²) in [6.07, 6.45) is 2.01. The maximum absolute atomic E-state index is 12.5. The van der Waals surface area contributed by atoms with Crippen molar-refractivity contribution in [3.8, 4) is 5.75 Å². The molecule has 25 heavy (non-hydrogen) atoms. The second kappa shape index (κ2) is 6.72. The summed E-state index contributed by atoms with van der Waals surface area (Å²) >= 11 is 0. The molecule has 1 fully saturated rings. The number of carbonyl (C=O) groups excluding carboxylic acids is 1. The molecule has 6 nitrogen and oxygen atoms in total. The maximum Gasteiger partial charge on any atom is 0.254 e. The number of β-amino-alcohol motifs (C(OH)–C–C–N with tert-alkyl or cyclic N) is 1. The molecule has 0 unspecified atom stereocenters. The quantitative estimate of drug-likeness (QED) is 0.910. The minimum atomic E-state index is -1.08. The fourth-order valence-electron chi connectivity index (χ4n) is 2.86. The summed E-state index contributed by atoms with van der Waals surface area (Å²) in [4.78, 5) is 25.8. The van der Waals surface area contributed by atoms with E-state index in [1.54, 1.807) is 24.2 Å². The number of hydrogen-bond acceptors (Lipinski definition) is 4. The highest BCUT2D eigenvalue weighted by Gasteiger charge is 2.39. The zero-order chi connectivity index (χ0) is 18.0. The van der Waals surface area contributed by atoms with E-state index in [4.69, 9.17) is 4.74 Å². The van der Waals surface area contributed by atoms with Gasteiger partial charge in [-0.2, -0.15) is 0 Å². The van der Waals surface area contributed by atoms with Gasteiger partial charge >= 0.3 is 0 Å². The van der Waals surface area contributed by atoms with Crippen molar-refractivity contribution in [2.75, 3.05) is 19.7 Å². The van der Waals surface area contributed by atoms with E-state index in [2.05, 4.69) is 0 Å². The van der Waals surface area contributed by atoms with Gasteiger partial charge in [-0.05, 0) is 31.5 Å². The number of pyridine rings is 1. The maximum atomic E-state index is 12.5. The van der Waals surface area contributed by atoms with Crippen LogP contribution < -0.4 is 10.3 Å². The summed E-state index contributed by atoms with van der Waals surface area (Å²) in [5.74, 6) is 0.444. The predicted molar refractivity (Wildman–Crippen MR) is 93.8 cm³/mol. The first-order valence-corrected chi connectivity index (χ1v) is 8.24. The zero-order valence-electron chi connectivity index (χ0n) is 14.4. The van der Waals surface area contributed by atoms with Crippen molar-refractivity contribution in [3.63, 3.8) is 0 Å². The van der Waals surface area contributed by atoms with E-state index in [-0.39, 0.29) is 24.6 Å². The standard InChI is InChI=1S/C19H22N2O4/c1-14-3-5-16(6-4-14)25-13-19(24)8-10-21(12-19)18(23)15-7-9-20(2)17(22)11-15/h3-7,9,11,24H,8,10,12-13H2,1-2H3/t19-/m0/s1. The third-order valence-corrected chi connectivity index (χ3v) is 4.50. The molecule has 0 bridgehead atoms. The summed E-state index contributed by atoms with van der Waals surface area (Å²) in [5, 5.41) is 10.7. The van der Waals surface area contributed by atoms with Crippen LogP contribution in [-0.2, 0) is 7.05 Å². The number of benzene rings is 1. The van der Waals surface area contributed by atoms with Crippen LogP contribution in [0.15, 0.2) is 47.4 Å². The van der Waals surface area contributed by atoms with Crippen molar-refractivity contribution in [2.24, 2.45) is 7.05 Å². The van der Waals surface area contributed by atoms with E-state index in [1.807, 2.05) is 31.2 Å². The number of nitrogens with zero attached hydrogens (tertiary/aromatic N) is 2. The van der Waals surface area contributed by atoms with Crippen LogP contribution in [0.4, 0.5) is 0 Å².